The Kier molecular flexibility index (Phi) is 8.27. The third-order valence-corrected chi connectivity index (χ3v) is 1.35. The third-order valence-electron chi connectivity index (χ3n) is 1.35. The van der Waals surface area contributed by atoms with Crippen molar-refractivity contribution in [3.8, 4) is 0 Å². The maximum Gasteiger partial charge on any atom is 1.00 e. The van der Waals surface area contributed by atoms with Gasteiger partial charge in [-0.25, -0.2) is 0 Å². The zero-order valence-corrected chi connectivity index (χ0v) is 9.45. The van der Waals surface area contributed by atoms with Gasteiger partial charge < -0.3 is 5.11 Å². The van der Waals surface area contributed by atoms with Crippen LogP contribution in [0.5, 0.6) is 0 Å². The van der Waals surface area contributed by atoms with Crippen molar-refractivity contribution >= 4 is 0 Å². The Bertz CT molecular complexity index is 46.5. The van der Waals surface area contributed by atoms with E-state index in [1.165, 1.54) is 0 Å². The van der Waals surface area contributed by atoms with Gasteiger partial charge >= 0.3 is 51.4 Å². The van der Waals surface area contributed by atoms with Crippen LogP contribution >= 0.6 is 0 Å². The second-order valence-corrected chi connectivity index (χ2v) is 2.66. The third kappa shape index (κ3) is 5.73. The van der Waals surface area contributed by atoms with Crippen LogP contribution in [0.1, 0.15) is 27.2 Å². The molecule has 0 bridgehead atoms. The van der Waals surface area contributed by atoms with E-state index in [0.29, 0.717) is 0 Å². The summed E-state index contributed by atoms with van der Waals surface area (Å²) >= 11 is 0. The van der Waals surface area contributed by atoms with Crippen molar-refractivity contribution in [2.75, 3.05) is 6.61 Å². The Balaban J connectivity index is 0. The van der Waals surface area contributed by atoms with Gasteiger partial charge in [-0.15, -0.1) is 6.61 Å². The van der Waals surface area contributed by atoms with E-state index in [0.717, 1.165) is 6.42 Å². The molecule has 0 aliphatic carbocycles. The number of rotatable bonds is 2. The molecule has 8 heavy (non-hydrogen) atoms. The minimum Gasteiger partial charge on any atom is -0.854 e. The normalized spacial score (nSPS) is 10.5. The monoisotopic (exact) mass is 140 g/mol. The average Bonchev–Trinajstić information content (AvgIpc) is 1.68. The van der Waals surface area contributed by atoms with Crippen LogP contribution in [-0.2, 0) is 0 Å². The molecule has 0 spiro atoms. The number of hydrogen-bond donors (Lipinski definition) is 0. The molecule has 0 rings (SSSR count). The second kappa shape index (κ2) is 5.39. The average molecular weight is 140 g/mol. The van der Waals surface area contributed by atoms with Crippen molar-refractivity contribution in [2.24, 2.45) is 5.41 Å². The molecule has 0 aromatic carbocycles. The van der Waals surface area contributed by atoms with Crippen molar-refractivity contribution in [3.63, 3.8) is 0 Å². The fraction of sp³-hybridized carbons (Fsp3) is 1.00. The Morgan fingerprint density at radius 2 is 1.75 bits per heavy atom. The van der Waals surface area contributed by atoms with Crippen LogP contribution in [0.25, 0.3) is 0 Å². The Hall–Kier alpha value is 1.60. The van der Waals surface area contributed by atoms with Crippen molar-refractivity contribution in [1.82, 2.24) is 0 Å². The quantitative estimate of drug-likeness (QED) is 0.399. The molecule has 0 aromatic rings. The zero-order chi connectivity index (χ0) is 5.91. The van der Waals surface area contributed by atoms with Gasteiger partial charge in [0.15, 0.2) is 0 Å². The summed E-state index contributed by atoms with van der Waals surface area (Å²) in [6, 6.07) is 0. The fourth-order valence-corrected chi connectivity index (χ4v) is 0.102. The molecule has 0 saturated heterocycles. The van der Waals surface area contributed by atoms with E-state index in [-0.39, 0.29) is 63.4 Å². The second-order valence-electron chi connectivity index (χ2n) is 2.66. The van der Waals surface area contributed by atoms with Gasteiger partial charge in [0.25, 0.3) is 0 Å². The molecule has 0 radical (unpaired) electrons. The molecule has 0 saturated carbocycles. The molecule has 0 heterocycles. The molecular formula is C6H13KO. The first-order valence-corrected chi connectivity index (χ1v) is 2.70. The summed E-state index contributed by atoms with van der Waals surface area (Å²) in [4.78, 5) is 0. The van der Waals surface area contributed by atoms with Gasteiger partial charge in [-0.05, 0) is 0 Å². The SMILES string of the molecule is CCC(C)(C)C[O-].[K+]. The van der Waals surface area contributed by atoms with Gasteiger partial charge in [0.1, 0.15) is 0 Å². The Morgan fingerprint density at radius 1 is 1.38 bits per heavy atom. The van der Waals surface area contributed by atoms with E-state index >= 15 is 0 Å². The van der Waals surface area contributed by atoms with E-state index in [1.54, 1.807) is 0 Å². The molecule has 44 valence electrons. The predicted octanol–water partition coefficient (Wildman–Crippen LogP) is -2.21. The molecule has 0 unspecified atom stereocenters. The van der Waals surface area contributed by atoms with Crippen LogP contribution in [0.3, 0.4) is 0 Å². The fourth-order valence-electron chi connectivity index (χ4n) is 0.102. The molecule has 0 aliphatic rings. The molecular weight excluding hydrogens is 127 g/mol. The van der Waals surface area contributed by atoms with Gasteiger partial charge in [0.05, 0.1) is 0 Å². The summed E-state index contributed by atoms with van der Waals surface area (Å²) in [5.74, 6) is 0. The maximum atomic E-state index is 10.2. The van der Waals surface area contributed by atoms with Crippen LogP contribution in [0.2, 0.25) is 0 Å². The smallest absolute Gasteiger partial charge is 0.854 e. The summed E-state index contributed by atoms with van der Waals surface area (Å²) in [5.41, 5.74) is 0.0278. The van der Waals surface area contributed by atoms with Crippen molar-refractivity contribution in [1.29, 1.82) is 0 Å². The van der Waals surface area contributed by atoms with Gasteiger partial charge in [-0.2, -0.15) is 0 Å². The first-order valence-electron chi connectivity index (χ1n) is 2.70. The van der Waals surface area contributed by atoms with Gasteiger partial charge in [-0.1, -0.05) is 32.6 Å². The summed E-state index contributed by atoms with van der Waals surface area (Å²) in [6.45, 7) is 6.06. The van der Waals surface area contributed by atoms with Crippen LogP contribution in [0, 0.1) is 5.41 Å². The summed E-state index contributed by atoms with van der Waals surface area (Å²) < 4.78 is 0. The predicted molar refractivity (Wildman–Crippen MR) is 28.9 cm³/mol. The van der Waals surface area contributed by atoms with Crippen molar-refractivity contribution in [3.05, 3.63) is 0 Å². The summed E-state index contributed by atoms with van der Waals surface area (Å²) in [7, 11) is 0. The van der Waals surface area contributed by atoms with Crippen molar-refractivity contribution < 1.29 is 56.5 Å². The minimum atomic E-state index is 0. The number of hydrogen-bond acceptors (Lipinski definition) is 1. The maximum absolute atomic E-state index is 10.2. The molecule has 0 N–H and O–H groups in total. The van der Waals surface area contributed by atoms with Gasteiger partial charge in [-0.3, -0.25) is 0 Å². The van der Waals surface area contributed by atoms with E-state index in [1.807, 2.05) is 20.8 Å². The van der Waals surface area contributed by atoms with Crippen LogP contribution in [0.4, 0.5) is 0 Å². The summed E-state index contributed by atoms with van der Waals surface area (Å²) in [6.07, 6.45) is 0.983. The first-order chi connectivity index (χ1) is 3.12. The van der Waals surface area contributed by atoms with E-state index in [4.69, 9.17) is 0 Å². The minimum absolute atomic E-state index is 0. The van der Waals surface area contributed by atoms with Crippen LogP contribution in [0.15, 0.2) is 0 Å². The van der Waals surface area contributed by atoms with Gasteiger partial charge in [0, 0.05) is 0 Å². The zero-order valence-electron chi connectivity index (χ0n) is 6.32. The van der Waals surface area contributed by atoms with Gasteiger partial charge in [0.2, 0.25) is 0 Å². The molecule has 1 nitrogen and oxygen atoms in total. The standard InChI is InChI=1S/C6H13O.K/c1-4-6(2,3)5-7;/h4-5H2,1-3H3;/q-1;+1. The molecule has 0 fully saturated rings. The summed E-state index contributed by atoms with van der Waals surface area (Å²) in [5, 5.41) is 10.2. The van der Waals surface area contributed by atoms with Crippen molar-refractivity contribution in [2.45, 2.75) is 27.2 Å². The molecule has 2 heteroatoms. The molecule has 0 amide bonds. The molecule has 0 aromatic heterocycles. The Labute approximate surface area is 94.3 Å². The Morgan fingerprint density at radius 3 is 1.75 bits per heavy atom. The largest absolute Gasteiger partial charge is 1.00 e. The van der Waals surface area contributed by atoms with E-state index < -0.39 is 0 Å². The van der Waals surface area contributed by atoms with E-state index in [9.17, 15) is 5.11 Å². The topological polar surface area (TPSA) is 23.1 Å². The van der Waals surface area contributed by atoms with E-state index in [2.05, 4.69) is 0 Å². The van der Waals surface area contributed by atoms with Crippen LogP contribution in [-0.4, -0.2) is 6.61 Å². The molecule has 0 aliphatic heterocycles. The first kappa shape index (κ1) is 12.3. The van der Waals surface area contributed by atoms with Crippen LogP contribution < -0.4 is 56.5 Å². The molecule has 0 atom stereocenters.